The van der Waals surface area contributed by atoms with Crippen LogP contribution in [-0.4, -0.2) is 19.9 Å². The summed E-state index contributed by atoms with van der Waals surface area (Å²) in [4.78, 5) is 18.3. The summed E-state index contributed by atoms with van der Waals surface area (Å²) in [5.41, 5.74) is 5.50. The van der Waals surface area contributed by atoms with Crippen LogP contribution in [0.3, 0.4) is 0 Å². The van der Waals surface area contributed by atoms with E-state index in [2.05, 4.69) is 39.5 Å². The summed E-state index contributed by atoms with van der Waals surface area (Å²) in [7, 11) is 0. The van der Waals surface area contributed by atoms with Gasteiger partial charge in [0.2, 0.25) is 5.95 Å². The van der Waals surface area contributed by atoms with Gasteiger partial charge in [-0.3, -0.25) is 9.97 Å². The van der Waals surface area contributed by atoms with Crippen molar-refractivity contribution in [2.75, 3.05) is 5.32 Å². The Bertz CT molecular complexity index is 1120. The number of aromatic nitrogens is 4. The summed E-state index contributed by atoms with van der Waals surface area (Å²) >= 11 is 1.63. The molecule has 0 aliphatic heterocycles. The van der Waals surface area contributed by atoms with Gasteiger partial charge in [-0.25, -0.2) is 9.97 Å². The molecular formula is C22H22N6S. The second-order valence-corrected chi connectivity index (χ2v) is 7.65. The Morgan fingerprint density at radius 2 is 1.90 bits per heavy atom. The maximum Gasteiger partial charge on any atom is 0.224 e. The number of rotatable bonds is 7. The first kappa shape index (κ1) is 19.0. The molecule has 1 atom stereocenters. The molecule has 0 aromatic carbocycles. The van der Waals surface area contributed by atoms with Crippen LogP contribution >= 0.6 is 11.3 Å². The molecule has 0 saturated carbocycles. The van der Waals surface area contributed by atoms with E-state index in [-0.39, 0.29) is 6.04 Å². The molecule has 4 rings (SSSR count). The molecule has 0 bridgehead atoms. The molecule has 0 aliphatic carbocycles. The van der Waals surface area contributed by atoms with E-state index in [0.29, 0.717) is 12.5 Å². The second kappa shape index (κ2) is 8.36. The molecule has 0 spiro atoms. The molecule has 2 N–H and O–H groups in total. The quantitative estimate of drug-likeness (QED) is 0.466. The summed E-state index contributed by atoms with van der Waals surface area (Å²) in [6.45, 7) is 8.91. The summed E-state index contributed by atoms with van der Waals surface area (Å²) in [6.07, 6.45) is 3.57. The van der Waals surface area contributed by atoms with Gasteiger partial charge in [0.05, 0.1) is 39.9 Å². The van der Waals surface area contributed by atoms with Crippen LogP contribution in [0.15, 0.2) is 60.8 Å². The SMILES string of the molecule is C=C(NCc1ccccn1)c1nc(NC(C)c2ccccn2)nc2c(C)csc12. The van der Waals surface area contributed by atoms with E-state index in [1.54, 1.807) is 23.7 Å². The molecule has 7 heteroatoms. The standard InChI is InChI=1S/C22H22N6S/c1-14-13-29-21-19(14)27-22(26-15(2)18-9-5-7-11-24-18)28-20(21)16(3)25-12-17-8-4-6-10-23-17/h4-11,13,15,25H,3,12H2,1-2H3,(H,26,27,28). The molecule has 6 nitrogen and oxygen atoms in total. The number of nitrogens with zero attached hydrogens (tertiary/aromatic N) is 4. The molecule has 4 heterocycles. The summed E-state index contributed by atoms with van der Waals surface area (Å²) in [5.74, 6) is 0.563. The summed E-state index contributed by atoms with van der Waals surface area (Å²) < 4.78 is 1.03. The van der Waals surface area contributed by atoms with Crippen molar-refractivity contribution in [2.24, 2.45) is 0 Å². The minimum Gasteiger partial charge on any atom is -0.378 e. The third kappa shape index (κ3) is 4.25. The van der Waals surface area contributed by atoms with Crippen LogP contribution in [0.2, 0.25) is 0 Å². The third-order valence-electron chi connectivity index (χ3n) is 4.56. The fourth-order valence-electron chi connectivity index (χ4n) is 2.98. The highest BCUT2D eigenvalue weighted by Crippen LogP contribution is 2.30. The van der Waals surface area contributed by atoms with Gasteiger partial charge in [-0.15, -0.1) is 11.3 Å². The highest BCUT2D eigenvalue weighted by atomic mass is 32.1. The predicted molar refractivity (Wildman–Crippen MR) is 119 cm³/mol. The molecule has 0 radical (unpaired) electrons. The zero-order chi connectivity index (χ0) is 20.2. The molecule has 0 fully saturated rings. The predicted octanol–water partition coefficient (Wildman–Crippen LogP) is 4.72. The van der Waals surface area contributed by atoms with Gasteiger partial charge in [-0.05, 0) is 49.1 Å². The molecule has 0 amide bonds. The minimum absolute atomic E-state index is 0.0183. The van der Waals surface area contributed by atoms with Gasteiger partial charge >= 0.3 is 0 Å². The second-order valence-electron chi connectivity index (χ2n) is 6.77. The summed E-state index contributed by atoms with van der Waals surface area (Å²) in [5, 5.41) is 8.82. The van der Waals surface area contributed by atoms with Crippen molar-refractivity contribution in [2.45, 2.75) is 26.4 Å². The van der Waals surface area contributed by atoms with Crippen LogP contribution < -0.4 is 10.6 Å². The van der Waals surface area contributed by atoms with Crippen molar-refractivity contribution in [3.05, 3.63) is 83.4 Å². The maximum absolute atomic E-state index is 4.77. The average Bonchev–Trinajstić information content (AvgIpc) is 3.13. The average molecular weight is 403 g/mol. The van der Waals surface area contributed by atoms with E-state index in [1.807, 2.05) is 43.3 Å². The number of hydrogen-bond acceptors (Lipinski definition) is 7. The first-order chi connectivity index (χ1) is 14.1. The summed E-state index contributed by atoms with van der Waals surface area (Å²) in [6, 6.07) is 11.7. The van der Waals surface area contributed by atoms with Gasteiger partial charge in [0.15, 0.2) is 0 Å². The van der Waals surface area contributed by atoms with Crippen molar-refractivity contribution in [3.8, 4) is 0 Å². The number of thiophene rings is 1. The number of aryl methyl sites for hydroxylation is 1. The van der Waals surface area contributed by atoms with Crippen LogP contribution in [0.1, 0.15) is 35.6 Å². The molecule has 29 heavy (non-hydrogen) atoms. The minimum atomic E-state index is -0.0183. The Balaban J connectivity index is 1.61. The molecule has 0 saturated heterocycles. The van der Waals surface area contributed by atoms with E-state index in [0.717, 1.165) is 38.6 Å². The zero-order valence-electron chi connectivity index (χ0n) is 16.4. The van der Waals surface area contributed by atoms with Crippen LogP contribution in [-0.2, 0) is 6.54 Å². The molecule has 146 valence electrons. The lowest BCUT2D eigenvalue weighted by atomic mass is 10.2. The normalized spacial score (nSPS) is 11.9. The van der Waals surface area contributed by atoms with Gasteiger partial charge in [0.25, 0.3) is 0 Å². The lowest BCUT2D eigenvalue weighted by Gasteiger charge is -2.15. The van der Waals surface area contributed by atoms with E-state index in [9.17, 15) is 0 Å². The Morgan fingerprint density at radius 3 is 2.62 bits per heavy atom. The van der Waals surface area contributed by atoms with Gasteiger partial charge in [0, 0.05) is 12.4 Å². The molecule has 4 aromatic heterocycles. The van der Waals surface area contributed by atoms with Crippen molar-refractivity contribution in [1.82, 2.24) is 25.3 Å². The Labute approximate surface area is 173 Å². The fourth-order valence-corrected chi connectivity index (χ4v) is 3.99. The van der Waals surface area contributed by atoms with Crippen molar-refractivity contribution >= 4 is 33.2 Å². The topological polar surface area (TPSA) is 75.6 Å². The van der Waals surface area contributed by atoms with Gasteiger partial charge in [-0.2, -0.15) is 0 Å². The van der Waals surface area contributed by atoms with Crippen molar-refractivity contribution in [3.63, 3.8) is 0 Å². The Morgan fingerprint density at radius 1 is 1.10 bits per heavy atom. The van der Waals surface area contributed by atoms with Crippen molar-refractivity contribution in [1.29, 1.82) is 0 Å². The van der Waals surface area contributed by atoms with Gasteiger partial charge in [-0.1, -0.05) is 18.7 Å². The first-order valence-electron chi connectivity index (χ1n) is 9.38. The van der Waals surface area contributed by atoms with Gasteiger partial charge < -0.3 is 10.6 Å². The maximum atomic E-state index is 4.77. The first-order valence-corrected chi connectivity index (χ1v) is 10.3. The smallest absolute Gasteiger partial charge is 0.224 e. The largest absolute Gasteiger partial charge is 0.378 e. The van der Waals surface area contributed by atoms with Crippen LogP contribution in [0.25, 0.3) is 15.9 Å². The fraction of sp³-hybridized carbons (Fsp3) is 0.182. The number of hydrogen-bond donors (Lipinski definition) is 2. The lowest BCUT2D eigenvalue weighted by Crippen LogP contribution is -2.15. The molecule has 4 aromatic rings. The Kier molecular flexibility index (Phi) is 5.48. The van der Waals surface area contributed by atoms with E-state index in [4.69, 9.17) is 9.97 Å². The molecular weight excluding hydrogens is 380 g/mol. The zero-order valence-corrected chi connectivity index (χ0v) is 17.2. The lowest BCUT2D eigenvalue weighted by molar-refractivity contribution is 0.820. The third-order valence-corrected chi connectivity index (χ3v) is 5.66. The van der Waals surface area contributed by atoms with Gasteiger partial charge in [0.1, 0.15) is 5.69 Å². The monoisotopic (exact) mass is 402 g/mol. The number of fused-ring (bicyclic) bond motifs is 1. The van der Waals surface area contributed by atoms with Crippen LogP contribution in [0.4, 0.5) is 5.95 Å². The molecule has 0 aliphatic rings. The van der Waals surface area contributed by atoms with E-state index >= 15 is 0 Å². The van der Waals surface area contributed by atoms with E-state index in [1.165, 1.54) is 0 Å². The number of anilines is 1. The van der Waals surface area contributed by atoms with Crippen LogP contribution in [0.5, 0.6) is 0 Å². The number of nitrogens with one attached hydrogen (secondary N) is 2. The Hall–Kier alpha value is -3.32. The van der Waals surface area contributed by atoms with E-state index < -0.39 is 0 Å². The number of pyridine rings is 2. The highest BCUT2D eigenvalue weighted by Gasteiger charge is 2.16. The van der Waals surface area contributed by atoms with Crippen molar-refractivity contribution < 1.29 is 0 Å². The highest BCUT2D eigenvalue weighted by molar-refractivity contribution is 7.17. The molecule has 1 unspecified atom stereocenters. The van der Waals surface area contributed by atoms with Crippen LogP contribution in [0, 0.1) is 6.92 Å².